The van der Waals surface area contributed by atoms with Gasteiger partial charge in [0.2, 0.25) is 0 Å². The number of rotatable bonds is 5. The Labute approximate surface area is 138 Å². The average molecular weight is 339 g/mol. The zero-order valence-corrected chi connectivity index (χ0v) is 13.2. The van der Waals surface area contributed by atoms with Crippen LogP contribution in [0.5, 0.6) is 0 Å². The Kier molecular flexibility index (Phi) is 5.89. The van der Waals surface area contributed by atoms with E-state index in [2.05, 4.69) is 4.74 Å². The number of amides is 1. The van der Waals surface area contributed by atoms with Crippen molar-refractivity contribution in [1.82, 2.24) is 4.90 Å². The predicted molar refractivity (Wildman–Crippen MR) is 82.4 cm³/mol. The molecule has 2 rings (SSSR count). The van der Waals surface area contributed by atoms with Crippen LogP contribution in [0.2, 0.25) is 0 Å². The number of hydrogen-bond acceptors (Lipinski definition) is 3. The van der Waals surface area contributed by atoms with Crippen LogP contribution >= 0.6 is 0 Å². The van der Waals surface area contributed by atoms with E-state index >= 15 is 0 Å². The average Bonchev–Trinajstić information content (AvgIpc) is 2.98. The van der Waals surface area contributed by atoms with Gasteiger partial charge in [-0.3, -0.25) is 4.90 Å². The molecule has 130 valence electrons. The fourth-order valence-corrected chi connectivity index (χ4v) is 3.04. The topological polar surface area (TPSA) is 66.8 Å². The van der Waals surface area contributed by atoms with Crippen molar-refractivity contribution in [1.29, 1.82) is 0 Å². The van der Waals surface area contributed by atoms with Gasteiger partial charge in [-0.1, -0.05) is 12.1 Å². The van der Waals surface area contributed by atoms with Crippen molar-refractivity contribution >= 4 is 12.1 Å². The lowest BCUT2D eigenvalue weighted by Gasteiger charge is -2.27. The van der Waals surface area contributed by atoms with Gasteiger partial charge >= 0.3 is 12.1 Å². The number of allylic oxidation sites excluding steroid dienone is 1. The fourth-order valence-electron chi connectivity index (χ4n) is 3.04. The molecule has 1 fully saturated rings. The summed E-state index contributed by atoms with van der Waals surface area (Å²) in [5, 5.41) is 9.49. The summed E-state index contributed by atoms with van der Waals surface area (Å²) >= 11 is 0. The van der Waals surface area contributed by atoms with E-state index < -0.39 is 29.7 Å². The van der Waals surface area contributed by atoms with Crippen molar-refractivity contribution in [2.45, 2.75) is 37.8 Å². The molecular weight excluding hydrogens is 320 g/mol. The minimum atomic E-state index is -1.09. The van der Waals surface area contributed by atoms with Gasteiger partial charge in [-0.25, -0.2) is 18.4 Å². The van der Waals surface area contributed by atoms with Gasteiger partial charge in [0, 0.05) is 12.1 Å². The second-order valence-electron chi connectivity index (χ2n) is 5.61. The van der Waals surface area contributed by atoms with E-state index in [0.717, 1.165) is 12.1 Å². The molecule has 1 amide bonds. The van der Waals surface area contributed by atoms with E-state index in [1.807, 2.05) is 0 Å². The third-order valence-corrected chi connectivity index (χ3v) is 4.17. The molecule has 1 aliphatic rings. The van der Waals surface area contributed by atoms with Crippen LogP contribution in [0.1, 0.15) is 37.3 Å². The van der Waals surface area contributed by atoms with Crippen LogP contribution in [0.4, 0.5) is 13.6 Å². The molecule has 5 nitrogen and oxygen atoms in total. The standard InChI is InChI=1S/C17H19F2NO4/c1-24-16(21)5-3-2-4-12-7-9-15(20(12)17(22)23)11-6-8-13(18)14(19)10-11/h3,5-6,8,10,12,15H,2,4,7,9H2,1H3,(H,22,23)/t12-,15-/m0/s1. The van der Waals surface area contributed by atoms with Crippen LogP contribution in [0.25, 0.3) is 0 Å². The molecular formula is C17H19F2NO4. The zero-order valence-electron chi connectivity index (χ0n) is 13.2. The van der Waals surface area contributed by atoms with Crippen molar-refractivity contribution in [3.05, 3.63) is 47.5 Å². The maximum absolute atomic E-state index is 13.4. The Hall–Kier alpha value is -2.44. The SMILES string of the molecule is COC(=O)C=CCC[C@H]1CC[C@@H](c2ccc(F)c(F)c2)N1C(=O)O. The third-order valence-electron chi connectivity index (χ3n) is 4.17. The second-order valence-corrected chi connectivity index (χ2v) is 5.61. The molecule has 0 bridgehead atoms. The molecule has 1 N–H and O–H groups in total. The third kappa shape index (κ3) is 4.10. The summed E-state index contributed by atoms with van der Waals surface area (Å²) in [5.41, 5.74) is 0.448. The van der Waals surface area contributed by atoms with Gasteiger partial charge < -0.3 is 9.84 Å². The maximum Gasteiger partial charge on any atom is 0.408 e. The van der Waals surface area contributed by atoms with Crippen molar-refractivity contribution in [3.8, 4) is 0 Å². The van der Waals surface area contributed by atoms with Gasteiger partial charge in [0.1, 0.15) is 0 Å². The highest BCUT2D eigenvalue weighted by Gasteiger charge is 2.37. The van der Waals surface area contributed by atoms with E-state index in [0.29, 0.717) is 31.2 Å². The fraction of sp³-hybridized carbons (Fsp3) is 0.412. The van der Waals surface area contributed by atoms with Gasteiger partial charge in [-0.2, -0.15) is 0 Å². The molecule has 1 aromatic rings. The number of carbonyl (C=O) groups excluding carboxylic acids is 1. The monoisotopic (exact) mass is 339 g/mol. The van der Waals surface area contributed by atoms with E-state index in [-0.39, 0.29) is 6.04 Å². The van der Waals surface area contributed by atoms with Crippen LogP contribution in [0.15, 0.2) is 30.4 Å². The number of carboxylic acid groups (broad SMARTS) is 1. The van der Waals surface area contributed by atoms with Gasteiger partial charge in [-0.15, -0.1) is 0 Å². The quantitative estimate of drug-likeness (QED) is 0.657. The lowest BCUT2D eigenvalue weighted by Crippen LogP contribution is -2.36. The summed E-state index contributed by atoms with van der Waals surface area (Å²) < 4.78 is 31.0. The Morgan fingerprint density at radius 3 is 2.71 bits per heavy atom. The lowest BCUT2D eigenvalue weighted by molar-refractivity contribution is -0.134. The molecule has 1 aliphatic heterocycles. The Balaban J connectivity index is 2.07. The van der Waals surface area contributed by atoms with Gasteiger partial charge in [0.05, 0.1) is 13.2 Å². The van der Waals surface area contributed by atoms with Crippen LogP contribution in [-0.2, 0) is 9.53 Å². The van der Waals surface area contributed by atoms with E-state index in [4.69, 9.17) is 0 Å². The normalized spacial score (nSPS) is 20.5. The number of benzene rings is 1. The van der Waals surface area contributed by atoms with Crippen LogP contribution in [0, 0.1) is 11.6 Å². The van der Waals surface area contributed by atoms with Crippen LogP contribution < -0.4 is 0 Å². The summed E-state index contributed by atoms with van der Waals surface area (Å²) in [6.07, 6.45) is 4.08. The Morgan fingerprint density at radius 2 is 2.08 bits per heavy atom. The summed E-state index contributed by atoms with van der Waals surface area (Å²) in [6.45, 7) is 0. The zero-order chi connectivity index (χ0) is 17.7. The highest BCUT2D eigenvalue weighted by atomic mass is 19.2. The maximum atomic E-state index is 13.4. The van der Waals surface area contributed by atoms with Crippen molar-refractivity contribution in [3.63, 3.8) is 0 Å². The van der Waals surface area contributed by atoms with Gasteiger partial charge in [0.15, 0.2) is 11.6 Å². The molecule has 0 saturated carbocycles. The number of carbonyl (C=O) groups is 2. The first-order chi connectivity index (χ1) is 11.4. The van der Waals surface area contributed by atoms with Crippen molar-refractivity contribution in [2.75, 3.05) is 7.11 Å². The molecule has 24 heavy (non-hydrogen) atoms. The molecule has 0 aromatic heterocycles. The first-order valence-electron chi connectivity index (χ1n) is 7.64. The molecule has 7 heteroatoms. The van der Waals surface area contributed by atoms with Crippen molar-refractivity contribution in [2.24, 2.45) is 0 Å². The summed E-state index contributed by atoms with van der Waals surface area (Å²) in [6, 6.07) is 2.75. The molecule has 1 saturated heterocycles. The van der Waals surface area contributed by atoms with E-state index in [9.17, 15) is 23.5 Å². The molecule has 0 radical (unpaired) electrons. The summed E-state index contributed by atoms with van der Waals surface area (Å²) in [5.74, 6) is -2.40. The minimum Gasteiger partial charge on any atom is -0.466 e. The molecule has 1 heterocycles. The number of hydrogen-bond donors (Lipinski definition) is 1. The molecule has 2 atom stereocenters. The van der Waals surface area contributed by atoms with Crippen LogP contribution in [-0.4, -0.2) is 35.2 Å². The number of likely N-dealkylation sites (tertiary alicyclic amines) is 1. The molecule has 1 aromatic carbocycles. The minimum absolute atomic E-state index is 0.233. The second kappa shape index (κ2) is 7.90. The number of ether oxygens (including phenoxy) is 1. The predicted octanol–water partition coefficient (Wildman–Crippen LogP) is 3.66. The smallest absolute Gasteiger partial charge is 0.408 e. The Morgan fingerprint density at radius 1 is 1.33 bits per heavy atom. The first kappa shape index (κ1) is 17.9. The van der Waals surface area contributed by atoms with Crippen molar-refractivity contribution < 1.29 is 28.2 Å². The summed E-state index contributed by atoms with van der Waals surface area (Å²) in [7, 11) is 1.28. The van der Waals surface area contributed by atoms with Gasteiger partial charge in [0.25, 0.3) is 0 Å². The first-order valence-corrected chi connectivity index (χ1v) is 7.64. The molecule has 0 aliphatic carbocycles. The summed E-state index contributed by atoms with van der Waals surface area (Å²) in [4.78, 5) is 23.9. The highest BCUT2D eigenvalue weighted by molar-refractivity contribution is 5.81. The largest absolute Gasteiger partial charge is 0.466 e. The van der Waals surface area contributed by atoms with Crippen LogP contribution in [0.3, 0.4) is 0 Å². The van der Waals surface area contributed by atoms with Gasteiger partial charge in [-0.05, 0) is 43.4 Å². The number of nitrogens with zero attached hydrogens (tertiary/aromatic N) is 1. The van der Waals surface area contributed by atoms with E-state index in [1.165, 1.54) is 24.2 Å². The number of esters is 1. The van der Waals surface area contributed by atoms with E-state index in [1.54, 1.807) is 6.08 Å². The highest BCUT2D eigenvalue weighted by Crippen LogP contribution is 2.38. The lowest BCUT2D eigenvalue weighted by atomic mass is 10.0. The molecule has 0 unspecified atom stereocenters. The molecule has 0 spiro atoms. The Bertz CT molecular complexity index is 647. The number of halogens is 2. The number of methoxy groups -OCH3 is 1.